The average molecular weight is 274 g/mol. The Kier molecular flexibility index (Phi) is 4.40. The van der Waals surface area contributed by atoms with E-state index in [1.54, 1.807) is 7.11 Å². The number of hydrogen-bond acceptors (Lipinski definition) is 4. The summed E-state index contributed by atoms with van der Waals surface area (Å²) in [6.07, 6.45) is 0.322. The summed E-state index contributed by atoms with van der Waals surface area (Å²) in [5.41, 5.74) is 1.78. The molecule has 20 heavy (non-hydrogen) atoms. The Morgan fingerprint density at radius 2 is 2.00 bits per heavy atom. The standard InChI is InChI=1S/C15H18N2O3/c1-10-11(2)20-15(17-10)9-16-14(18)8-12-4-6-13(19-3)7-5-12/h4-7H,8-9H2,1-3H3,(H,16,18). The number of hydrogen-bond donors (Lipinski definition) is 1. The third-order valence-electron chi connectivity index (χ3n) is 3.03. The summed E-state index contributed by atoms with van der Waals surface area (Å²) in [5.74, 6) is 2.02. The fourth-order valence-electron chi connectivity index (χ4n) is 1.78. The molecule has 0 aliphatic carbocycles. The first-order valence-electron chi connectivity index (χ1n) is 6.41. The fourth-order valence-corrected chi connectivity index (χ4v) is 1.78. The SMILES string of the molecule is COc1ccc(CC(=O)NCc2nc(C)c(C)o2)cc1. The second kappa shape index (κ2) is 6.23. The molecule has 1 N–H and O–H groups in total. The first-order valence-corrected chi connectivity index (χ1v) is 6.41. The minimum absolute atomic E-state index is 0.0660. The molecule has 106 valence electrons. The van der Waals surface area contributed by atoms with Crippen LogP contribution in [0.5, 0.6) is 5.75 Å². The molecular formula is C15H18N2O3. The van der Waals surface area contributed by atoms with E-state index in [2.05, 4.69) is 10.3 Å². The maximum Gasteiger partial charge on any atom is 0.224 e. The molecule has 0 aliphatic rings. The number of rotatable bonds is 5. The van der Waals surface area contributed by atoms with Crippen molar-refractivity contribution in [2.75, 3.05) is 7.11 Å². The lowest BCUT2D eigenvalue weighted by atomic mass is 10.1. The Morgan fingerprint density at radius 1 is 1.30 bits per heavy atom. The summed E-state index contributed by atoms with van der Waals surface area (Å²) in [6, 6.07) is 7.42. The third-order valence-corrected chi connectivity index (χ3v) is 3.03. The molecule has 0 atom stereocenters. The lowest BCUT2D eigenvalue weighted by molar-refractivity contribution is -0.120. The number of carbonyl (C=O) groups excluding carboxylic acids is 1. The maximum absolute atomic E-state index is 11.8. The molecule has 1 aromatic carbocycles. The minimum Gasteiger partial charge on any atom is -0.497 e. The van der Waals surface area contributed by atoms with Gasteiger partial charge in [-0.1, -0.05) is 12.1 Å². The topological polar surface area (TPSA) is 64.4 Å². The van der Waals surface area contributed by atoms with Crippen LogP contribution in [0.3, 0.4) is 0 Å². The zero-order valence-corrected chi connectivity index (χ0v) is 11.9. The molecule has 2 rings (SSSR count). The lowest BCUT2D eigenvalue weighted by Gasteiger charge is -2.04. The van der Waals surface area contributed by atoms with Gasteiger partial charge in [-0.25, -0.2) is 4.98 Å². The molecule has 0 saturated carbocycles. The number of benzene rings is 1. The van der Waals surface area contributed by atoms with E-state index in [0.717, 1.165) is 22.8 Å². The normalized spacial score (nSPS) is 10.3. The minimum atomic E-state index is -0.0660. The molecule has 1 amide bonds. The van der Waals surface area contributed by atoms with E-state index in [4.69, 9.17) is 9.15 Å². The third kappa shape index (κ3) is 3.60. The highest BCUT2D eigenvalue weighted by molar-refractivity contribution is 5.78. The number of carbonyl (C=O) groups is 1. The molecule has 0 fully saturated rings. The van der Waals surface area contributed by atoms with Crippen molar-refractivity contribution in [3.8, 4) is 5.75 Å². The molecule has 0 unspecified atom stereocenters. The second-order valence-corrected chi connectivity index (χ2v) is 4.55. The summed E-state index contributed by atoms with van der Waals surface area (Å²) in [4.78, 5) is 16.0. The molecular weight excluding hydrogens is 256 g/mol. The van der Waals surface area contributed by atoms with E-state index in [-0.39, 0.29) is 5.91 Å². The number of nitrogens with one attached hydrogen (secondary N) is 1. The summed E-state index contributed by atoms with van der Waals surface area (Å²) in [5, 5.41) is 2.79. The monoisotopic (exact) mass is 274 g/mol. The quantitative estimate of drug-likeness (QED) is 0.907. The second-order valence-electron chi connectivity index (χ2n) is 4.55. The molecule has 5 nitrogen and oxygen atoms in total. The molecule has 2 aromatic rings. The van der Waals surface area contributed by atoms with Gasteiger partial charge in [-0.2, -0.15) is 0 Å². The van der Waals surface area contributed by atoms with E-state index in [1.165, 1.54) is 0 Å². The van der Waals surface area contributed by atoms with Crippen LogP contribution in [0.15, 0.2) is 28.7 Å². The number of ether oxygens (including phenoxy) is 1. The largest absolute Gasteiger partial charge is 0.497 e. The number of aryl methyl sites for hydroxylation is 2. The van der Waals surface area contributed by atoms with Gasteiger partial charge >= 0.3 is 0 Å². The van der Waals surface area contributed by atoms with Crippen molar-refractivity contribution in [3.63, 3.8) is 0 Å². The highest BCUT2D eigenvalue weighted by Crippen LogP contribution is 2.12. The zero-order chi connectivity index (χ0) is 14.5. The van der Waals surface area contributed by atoms with Crippen molar-refractivity contribution >= 4 is 5.91 Å². The van der Waals surface area contributed by atoms with Gasteiger partial charge < -0.3 is 14.5 Å². The molecule has 0 radical (unpaired) electrons. The summed E-state index contributed by atoms with van der Waals surface area (Å²) < 4.78 is 10.5. The van der Waals surface area contributed by atoms with Crippen LogP contribution in [0.4, 0.5) is 0 Å². The molecule has 0 saturated heterocycles. The van der Waals surface area contributed by atoms with Gasteiger partial charge in [-0.05, 0) is 31.5 Å². The lowest BCUT2D eigenvalue weighted by Crippen LogP contribution is -2.24. The van der Waals surface area contributed by atoms with Crippen molar-refractivity contribution in [2.45, 2.75) is 26.8 Å². The predicted molar refractivity (Wildman–Crippen MR) is 74.5 cm³/mol. The van der Waals surface area contributed by atoms with Crippen LogP contribution in [-0.4, -0.2) is 18.0 Å². The molecule has 0 aliphatic heterocycles. The van der Waals surface area contributed by atoms with Gasteiger partial charge in [0.2, 0.25) is 11.8 Å². The van der Waals surface area contributed by atoms with E-state index < -0.39 is 0 Å². The van der Waals surface area contributed by atoms with Gasteiger partial charge in [0.05, 0.1) is 25.8 Å². The molecule has 0 spiro atoms. The Balaban J connectivity index is 1.85. The van der Waals surface area contributed by atoms with Crippen LogP contribution in [-0.2, 0) is 17.8 Å². The van der Waals surface area contributed by atoms with E-state index in [0.29, 0.717) is 18.9 Å². The molecule has 1 aromatic heterocycles. The van der Waals surface area contributed by atoms with Gasteiger partial charge in [0, 0.05) is 0 Å². The smallest absolute Gasteiger partial charge is 0.224 e. The van der Waals surface area contributed by atoms with E-state index in [9.17, 15) is 4.79 Å². The van der Waals surface area contributed by atoms with Crippen molar-refractivity contribution in [3.05, 3.63) is 47.2 Å². The van der Waals surface area contributed by atoms with Crippen molar-refractivity contribution in [1.82, 2.24) is 10.3 Å². The predicted octanol–water partition coefficient (Wildman–Crippen LogP) is 2.16. The first kappa shape index (κ1) is 14.1. The van der Waals surface area contributed by atoms with Gasteiger partial charge in [-0.15, -0.1) is 0 Å². The van der Waals surface area contributed by atoms with E-state index >= 15 is 0 Å². The first-order chi connectivity index (χ1) is 9.58. The van der Waals surface area contributed by atoms with Crippen LogP contribution in [0.25, 0.3) is 0 Å². The van der Waals surface area contributed by atoms with Crippen LogP contribution in [0.2, 0.25) is 0 Å². The number of amides is 1. The highest BCUT2D eigenvalue weighted by atomic mass is 16.5. The molecule has 0 bridgehead atoms. The molecule has 1 heterocycles. The van der Waals surface area contributed by atoms with Crippen LogP contribution in [0.1, 0.15) is 22.9 Å². The Hall–Kier alpha value is -2.30. The maximum atomic E-state index is 11.8. The fraction of sp³-hybridized carbons (Fsp3) is 0.333. The summed E-state index contributed by atoms with van der Waals surface area (Å²) in [7, 11) is 1.61. The summed E-state index contributed by atoms with van der Waals surface area (Å²) >= 11 is 0. The van der Waals surface area contributed by atoms with Gasteiger partial charge in [-0.3, -0.25) is 4.79 Å². The van der Waals surface area contributed by atoms with Gasteiger partial charge in [0.1, 0.15) is 11.5 Å². The number of nitrogens with zero attached hydrogens (tertiary/aromatic N) is 1. The van der Waals surface area contributed by atoms with Crippen LogP contribution in [0, 0.1) is 13.8 Å². The zero-order valence-electron chi connectivity index (χ0n) is 11.9. The Labute approximate surface area is 118 Å². The van der Waals surface area contributed by atoms with Crippen molar-refractivity contribution in [1.29, 1.82) is 0 Å². The number of oxazole rings is 1. The Morgan fingerprint density at radius 3 is 2.55 bits per heavy atom. The van der Waals surface area contributed by atoms with Crippen molar-refractivity contribution in [2.24, 2.45) is 0 Å². The van der Waals surface area contributed by atoms with Crippen LogP contribution >= 0.6 is 0 Å². The van der Waals surface area contributed by atoms with Gasteiger partial charge in [0.15, 0.2) is 0 Å². The highest BCUT2D eigenvalue weighted by Gasteiger charge is 2.08. The number of aromatic nitrogens is 1. The van der Waals surface area contributed by atoms with E-state index in [1.807, 2.05) is 38.1 Å². The van der Waals surface area contributed by atoms with Crippen molar-refractivity contribution < 1.29 is 13.9 Å². The average Bonchev–Trinajstić information content (AvgIpc) is 2.76. The summed E-state index contributed by atoms with van der Waals surface area (Å²) in [6.45, 7) is 4.04. The molecule has 5 heteroatoms. The number of methoxy groups -OCH3 is 1. The van der Waals surface area contributed by atoms with Gasteiger partial charge in [0.25, 0.3) is 0 Å². The van der Waals surface area contributed by atoms with Crippen LogP contribution < -0.4 is 10.1 Å². The Bertz CT molecular complexity index is 568.